The van der Waals surface area contributed by atoms with E-state index in [-0.39, 0.29) is 0 Å². The average Bonchev–Trinajstić information content (AvgIpc) is 2.70. The van der Waals surface area contributed by atoms with Crippen molar-refractivity contribution in [1.82, 2.24) is 0 Å². The van der Waals surface area contributed by atoms with E-state index in [1.165, 1.54) is 0 Å². The zero-order valence-corrected chi connectivity index (χ0v) is 20.6. The third-order valence-corrected chi connectivity index (χ3v) is 8.40. The van der Waals surface area contributed by atoms with E-state index in [0.717, 1.165) is 19.0 Å². The Morgan fingerprint density at radius 2 is 0.931 bits per heavy atom. The first-order chi connectivity index (χ1) is 13.8. The molecule has 1 saturated heterocycles. The minimum atomic E-state index is -3.93. The number of ether oxygens (including phenoxy) is 2. The van der Waals surface area contributed by atoms with Gasteiger partial charge in [0.2, 0.25) is 0 Å². The molecule has 1 N–H and O–H groups in total. The highest BCUT2D eigenvalue weighted by atomic mass is 79.9. The van der Waals surface area contributed by atoms with E-state index in [0.29, 0.717) is 11.1 Å². The molecule has 29 heavy (non-hydrogen) atoms. The maximum Gasteiger partial charge on any atom is 0.265 e. The maximum absolute atomic E-state index is 13.6. The molecule has 1 aliphatic rings. The van der Waals surface area contributed by atoms with Crippen molar-refractivity contribution in [2.24, 2.45) is 0 Å². The molecule has 0 saturated carbocycles. The van der Waals surface area contributed by atoms with Gasteiger partial charge in [-0.25, -0.2) is 0 Å². The van der Waals surface area contributed by atoms with Gasteiger partial charge in [-0.1, -0.05) is 84.2 Å². The average molecular weight is 603 g/mol. The van der Waals surface area contributed by atoms with Crippen LogP contribution in [0, 0.1) is 0 Å². The van der Waals surface area contributed by atoms with Crippen LogP contribution in [-0.4, -0.2) is 4.89 Å². The molecule has 0 amide bonds. The molecule has 3 aromatic carbocycles. The summed E-state index contributed by atoms with van der Waals surface area (Å²) in [6.45, 7) is 0. The first-order valence-corrected chi connectivity index (χ1v) is 12.9. The lowest BCUT2D eigenvalue weighted by molar-refractivity contribution is -0.195. The Morgan fingerprint density at radius 1 is 0.621 bits per heavy atom. The molecular weight excluding hydrogens is 587 g/mol. The molecule has 0 aliphatic carbocycles. The van der Waals surface area contributed by atoms with Crippen LogP contribution in [0.2, 0.25) is 0 Å². The second kappa shape index (κ2) is 8.75. The Labute approximate surface area is 194 Å². The summed E-state index contributed by atoms with van der Waals surface area (Å²) < 4.78 is 28.4. The first kappa shape index (κ1) is 21.4. The van der Waals surface area contributed by atoms with Crippen LogP contribution in [0.3, 0.4) is 0 Å². The topological polar surface area (TPSA) is 55.8 Å². The molecule has 4 rings (SSSR count). The lowest BCUT2D eigenvalue weighted by Gasteiger charge is -2.39. The number of hydrogen-bond acceptors (Lipinski definition) is 3. The SMILES string of the molecule is O=P1(O)[C@@H](c2ccc(Br)cc2)OC(c2ccc(Br)cc2)O[C@H]1c1ccc(Br)cc1. The van der Waals surface area contributed by atoms with Crippen LogP contribution in [0.5, 0.6) is 0 Å². The lowest BCUT2D eigenvalue weighted by Crippen LogP contribution is -2.25. The van der Waals surface area contributed by atoms with Crippen molar-refractivity contribution in [1.29, 1.82) is 0 Å². The summed E-state index contributed by atoms with van der Waals surface area (Å²) in [7, 11) is -3.93. The third-order valence-electron chi connectivity index (χ3n) is 4.63. The summed E-state index contributed by atoms with van der Waals surface area (Å²) >= 11 is 10.2. The van der Waals surface area contributed by atoms with Crippen LogP contribution in [0.4, 0.5) is 0 Å². The fourth-order valence-electron chi connectivity index (χ4n) is 3.18. The Bertz CT molecular complexity index is 980. The van der Waals surface area contributed by atoms with E-state index in [9.17, 15) is 9.46 Å². The fraction of sp³-hybridized carbons (Fsp3) is 0.143. The molecule has 4 atom stereocenters. The molecule has 2 unspecified atom stereocenters. The highest BCUT2D eigenvalue weighted by Gasteiger charge is 2.49. The molecule has 8 heteroatoms. The largest absolute Gasteiger partial charge is 0.340 e. The summed E-state index contributed by atoms with van der Waals surface area (Å²) in [5, 5.41) is 0. The molecule has 0 aromatic heterocycles. The Kier molecular flexibility index (Phi) is 6.47. The molecule has 3 aromatic rings. The van der Waals surface area contributed by atoms with Gasteiger partial charge in [-0.2, -0.15) is 0 Å². The predicted octanol–water partition coefficient (Wildman–Crippen LogP) is 7.69. The lowest BCUT2D eigenvalue weighted by atomic mass is 10.2. The number of rotatable bonds is 3. The molecule has 0 bridgehead atoms. The predicted molar refractivity (Wildman–Crippen MR) is 123 cm³/mol. The fourth-order valence-corrected chi connectivity index (χ4v) is 5.99. The van der Waals surface area contributed by atoms with Crippen LogP contribution >= 0.6 is 55.2 Å². The standard InChI is InChI=1S/C21H16Br3O4P/c22-16-7-1-13(2-8-16)19-27-20(14-3-9-17(23)10-4-14)29(25,26)21(28-19)15-5-11-18(24)12-6-15/h1-12,19-21H,(H,25,26)/t19?,20-,21+. The Balaban J connectivity index is 1.78. The van der Waals surface area contributed by atoms with Gasteiger partial charge in [0.05, 0.1) is 0 Å². The van der Waals surface area contributed by atoms with E-state index < -0.39 is 25.3 Å². The molecule has 1 fully saturated rings. The summed E-state index contributed by atoms with van der Waals surface area (Å²) in [5.74, 6) is -2.02. The Hall–Kier alpha value is -0.790. The summed E-state index contributed by atoms with van der Waals surface area (Å²) in [4.78, 5) is 11.1. The van der Waals surface area contributed by atoms with Crippen molar-refractivity contribution < 1.29 is 18.9 Å². The van der Waals surface area contributed by atoms with E-state index in [2.05, 4.69) is 47.8 Å². The van der Waals surface area contributed by atoms with Crippen LogP contribution in [0.1, 0.15) is 34.7 Å². The Morgan fingerprint density at radius 3 is 1.28 bits per heavy atom. The van der Waals surface area contributed by atoms with Gasteiger partial charge >= 0.3 is 0 Å². The number of hydrogen-bond donors (Lipinski definition) is 1. The molecule has 0 radical (unpaired) electrons. The highest BCUT2D eigenvalue weighted by molar-refractivity contribution is 9.11. The minimum absolute atomic E-state index is 0.631. The van der Waals surface area contributed by atoms with Gasteiger partial charge in [0.15, 0.2) is 18.0 Å². The second-order valence-electron chi connectivity index (χ2n) is 6.64. The molecular formula is C21H16Br3O4P. The van der Waals surface area contributed by atoms with Gasteiger partial charge in [0, 0.05) is 19.0 Å². The molecule has 4 nitrogen and oxygen atoms in total. The summed E-state index contributed by atoms with van der Waals surface area (Å²) in [6.07, 6.45) is -0.778. The third kappa shape index (κ3) is 4.62. The monoisotopic (exact) mass is 600 g/mol. The molecule has 1 aliphatic heterocycles. The normalized spacial score (nSPS) is 27.0. The number of halogens is 3. The van der Waals surface area contributed by atoms with Gasteiger partial charge in [0.1, 0.15) is 0 Å². The minimum Gasteiger partial charge on any atom is -0.340 e. The van der Waals surface area contributed by atoms with Crippen LogP contribution in [0.25, 0.3) is 0 Å². The van der Waals surface area contributed by atoms with Crippen molar-refractivity contribution in [2.75, 3.05) is 0 Å². The molecule has 150 valence electrons. The highest BCUT2D eigenvalue weighted by Crippen LogP contribution is 2.71. The molecule has 0 spiro atoms. The van der Waals surface area contributed by atoms with Crippen molar-refractivity contribution in [3.63, 3.8) is 0 Å². The zero-order chi connectivity index (χ0) is 20.6. The van der Waals surface area contributed by atoms with E-state index >= 15 is 0 Å². The maximum atomic E-state index is 13.6. The zero-order valence-electron chi connectivity index (χ0n) is 14.9. The first-order valence-electron chi connectivity index (χ1n) is 8.74. The van der Waals surface area contributed by atoms with E-state index in [1.54, 1.807) is 24.3 Å². The van der Waals surface area contributed by atoms with Crippen molar-refractivity contribution in [3.8, 4) is 0 Å². The van der Waals surface area contributed by atoms with Crippen molar-refractivity contribution in [2.45, 2.75) is 18.0 Å². The van der Waals surface area contributed by atoms with Crippen molar-refractivity contribution >= 4 is 55.2 Å². The van der Waals surface area contributed by atoms with Gasteiger partial charge in [-0.05, 0) is 47.5 Å². The van der Waals surface area contributed by atoms with Crippen LogP contribution in [-0.2, 0) is 14.0 Å². The van der Waals surface area contributed by atoms with Gasteiger partial charge in [-0.3, -0.25) is 4.57 Å². The van der Waals surface area contributed by atoms with E-state index in [4.69, 9.17) is 9.47 Å². The van der Waals surface area contributed by atoms with Crippen LogP contribution < -0.4 is 0 Å². The van der Waals surface area contributed by atoms with Gasteiger partial charge < -0.3 is 14.4 Å². The summed E-state index contributed by atoms with van der Waals surface area (Å²) in [6, 6.07) is 22.0. The number of benzene rings is 3. The molecule has 1 heterocycles. The van der Waals surface area contributed by atoms with Crippen LogP contribution in [0.15, 0.2) is 86.2 Å². The van der Waals surface area contributed by atoms with Gasteiger partial charge in [-0.15, -0.1) is 0 Å². The second-order valence-corrected chi connectivity index (χ2v) is 11.7. The van der Waals surface area contributed by atoms with E-state index in [1.807, 2.05) is 48.5 Å². The quantitative estimate of drug-likeness (QED) is 0.312. The van der Waals surface area contributed by atoms with Gasteiger partial charge in [0.25, 0.3) is 7.37 Å². The summed E-state index contributed by atoms with van der Waals surface area (Å²) in [5.41, 5.74) is 2.04. The van der Waals surface area contributed by atoms with Crippen molar-refractivity contribution in [3.05, 3.63) is 103 Å². The smallest absolute Gasteiger partial charge is 0.265 e.